The van der Waals surface area contributed by atoms with Crippen molar-refractivity contribution in [2.45, 2.75) is 33.6 Å². The van der Waals surface area contributed by atoms with Gasteiger partial charge in [-0.15, -0.1) is 0 Å². The van der Waals surface area contributed by atoms with Gasteiger partial charge in [0.25, 0.3) is 0 Å². The molecule has 0 saturated heterocycles. The molecule has 2 N–H and O–H groups in total. The summed E-state index contributed by atoms with van der Waals surface area (Å²) >= 11 is 0. The van der Waals surface area contributed by atoms with Crippen molar-refractivity contribution in [3.05, 3.63) is 0 Å². The van der Waals surface area contributed by atoms with E-state index >= 15 is 0 Å². The third-order valence-electron chi connectivity index (χ3n) is 2.34. The summed E-state index contributed by atoms with van der Waals surface area (Å²) in [7, 11) is 0. The molecule has 0 heterocycles. The molecule has 0 aliphatic heterocycles. The summed E-state index contributed by atoms with van der Waals surface area (Å²) in [5, 5.41) is 5.58. The van der Waals surface area contributed by atoms with E-state index in [0.29, 0.717) is 13.1 Å². The van der Waals surface area contributed by atoms with Gasteiger partial charge < -0.3 is 10.6 Å². The second-order valence-corrected chi connectivity index (χ2v) is 5.07. The summed E-state index contributed by atoms with van der Waals surface area (Å²) in [6.07, 6.45) is 2.03. The van der Waals surface area contributed by atoms with Crippen molar-refractivity contribution >= 4 is 11.8 Å². The van der Waals surface area contributed by atoms with Gasteiger partial charge in [0.1, 0.15) is 0 Å². The first kappa shape index (κ1) is 12.0. The van der Waals surface area contributed by atoms with E-state index in [1.54, 1.807) is 0 Å². The smallest absolute Gasteiger partial charge is 0.225 e. The largest absolute Gasteiger partial charge is 0.354 e. The highest BCUT2D eigenvalue weighted by Crippen LogP contribution is 2.28. The Morgan fingerprint density at radius 3 is 2.13 bits per heavy atom. The van der Waals surface area contributed by atoms with Crippen LogP contribution in [0, 0.1) is 11.3 Å². The zero-order chi connectivity index (χ0) is 11.5. The van der Waals surface area contributed by atoms with Crippen molar-refractivity contribution in [1.29, 1.82) is 0 Å². The van der Waals surface area contributed by atoms with Gasteiger partial charge >= 0.3 is 0 Å². The van der Waals surface area contributed by atoms with Crippen molar-refractivity contribution in [1.82, 2.24) is 10.6 Å². The van der Waals surface area contributed by atoms with Gasteiger partial charge in [-0.1, -0.05) is 20.8 Å². The molecule has 1 aliphatic rings. The Morgan fingerprint density at radius 2 is 1.67 bits per heavy atom. The molecular formula is C11H20N2O2. The molecular weight excluding hydrogens is 192 g/mol. The van der Waals surface area contributed by atoms with Crippen LogP contribution in [0.4, 0.5) is 0 Å². The van der Waals surface area contributed by atoms with Gasteiger partial charge in [0, 0.05) is 24.4 Å². The molecule has 1 fully saturated rings. The highest BCUT2D eigenvalue weighted by Gasteiger charge is 2.29. The van der Waals surface area contributed by atoms with Crippen LogP contribution < -0.4 is 10.6 Å². The van der Waals surface area contributed by atoms with Crippen molar-refractivity contribution in [2.24, 2.45) is 11.3 Å². The quantitative estimate of drug-likeness (QED) is 0.673. The molecule has 15 heavy (non-hydrogen) atoms. The predicted molar refractivity (Wildman–Crippen MR) is 58.2 cm³/mol. The van der Waals surface area contributed by atoms with E-state index in [2.05, 4.69) is 10.6 Å². The summed E-state index contributed by atoms with van der Waals surface area (Å²) in [5.74, 6) is 0.381. The Morgan fingerprint density at radius 1 is 1.13 bits per heavy atom. The summed E-state index contributed by atoms with van der Waals surface area (Å²) in [6, 6.07) is 0. The zero-order valence-corrected chi connectivity index (χ0v) is 9.72. The number of carbonyl (C=O) groups is 2. The molecule has 4 heteroatoms. The van der Waals surface area contributed by atoms with E-state index in [-0.39, 0.29) is 23.1 Å². The molecule has 86 valence electrons. The molecule has 1 aliphatic carbocycles. The van der Waals surface area contributed by atoms with Crippen LogP contribution in [0.15, 0.2) is 0 Å². The molecule has 4 nitrogen and oxygen atoms in total. The van der Waals surface area contributed by atoms with Gasteiger partial charge in [-0.05, 0) is 12.8 Å². The van der Waals surface area contributed by atoms with Crippen LogP contribution in [0.5, 0.6) is 0 Å². The standard InChI is InChI=1S/C11H20N2O2/c1-11(2,3)10(15)13-7-6-12-9(14)8-4-5-8/h8H,4-7H2,1-3H3,(H,12,14)(H,13,15). The maximum absolute atomic E-state index is 11.4. The van der Waals surface area contributed by atoms with E-state index in [0.717, 1.165) is 12.8 Å². The SMILES string of the molecule is CC(C)(C)C(=O)NCCNC(=O)C1CC1. The molecule has 0 radical (unpaired) electrons. The lowest BCUT2D eigenvalue weighted by Gasteiger charge is -2.17. The topological polar surface area (TPSA) is 58.2 Å². The first-order valence-electron chi connectivity index (χ1n) is 5.47. The van der Waals surface area contributed by atoms with Crippen LogP contribution in [0.2, 0.25) is 0 Å². The van der Waals surface area contributed by atoms with E-state index in [1.165, 1.54) is 0 Å². The molecule has 0 atom stereocenters. The van der Waals surface area contributed by atoms with Crippen molar-refractivity contribution < 1.29 is 9.59 Å². The first-order valence-corrected chi connectivity index (χ1v) is 5.47. The number of rotatable bonds is 4. The third kappa shape index (κ3) is 4.32. The average molecular weight is 212 g/mol. The Kier molecular flexibility index (Phi) is 3.72. The van der Waals surface area contributed by atoms with Crippen LogP contribution in [0.25, 0.3) is 0 Å². The monoisotopic (exact) mass is 212 g/mol. The van der Waals surface area contributed by atoms with E-state index in [1.807, 2.05) is 20.8 Å². The Balaban J connectivity index is 2.06. The molecule has 1 rings (SSSR count). The average Bonchev–Trinajstić information content (AvgIpc) is 2.92. The summed E-state index contributed by atoms with van der Waals surface area (Å²) in [5.41, 5.74) is -0.361. The number of nitrogens with one attached hydrogen (secondary N) is 2. The van der Waals surface area contributed by atoms with Crippen LogP contribution in [-0.4, -0.2) is 24.9 Å². The number of carbonyl (C=O) groups excluding carboxylic acids is 2. The van der Waals surface area contributed by atoms with E-state index < -0.39 is 0 Å². The Bertz CT molecular complexity index is 252. The number of hydrogen-bond acceptors (Lipinski definition) is 2. The van der Waals surface area contributed by atoms with E-state index in [4.69, 9.17) is 0 Å². The summed E-state index contributed by atoms with van der Waals surface area (Å²) in [6.45, 7) is 6.63. The molecule has 0 spiro atoms. The Hall–Kier alpha value is -1.06. The van der Waals surface area contributed by atoms with Crippen LogP contribution >= 0.6 is 0 Å². The van der Waals surface area contributed by atoms with Gasteiger partial charge in [0.2, 0.25) is 11.8 Å². The van der Waals surface area contributed by atoms with Gasteiger partial charge in [-0.2, -0.15) is 0 Å². The van der Waals surface area contributed by atoms with Crippen LogP contribution in [0.1, 0.15) is 33.6 Å². The number of hydrogen-bond donors (Lipinski definition) is 2. The molecule has 0 bridgehead atoms. The van der Waals surface area contributed by atoms with Gasteiger partial charge in [0.15, 0.2) is 0 Å². The van der Waals surface area contributed by atoms with E-state index in [9.17, 15) is 9.59 Å². The highest BCUT2D eigenvalue weighted by molar-refractivity contribution is 5.82. The van der Waals surface area contributed by atoms with Gasteiger partial charge in [-0.3, -0.25) is 9.59 Å². The van der Waals surface area contributed by atoms with Gasteiger partial charge in [0.05, 0.1) is 0 Å². The second kappa shape index (κ2) is 4.64. The molecule has 0 aromatic heterocycles. The lowest BCUT2D eigenvalue weighted by molar-refractivity contribution is -0.128. The fraction of sp³-hybridized carbons (Fsp3) is 0.818. The zero-order valence-electron chi connectivity index (χ0n) is 9.72. The van der Waals surface area contributed by atoms with Crippen LogP contribution in [0.3, 0.4) is 0 Å². The minimum atomic E-state index is -0.361. The molecule has 0 aromatic rings. The lowest BCUT2D eigenvalue weighted by atomic mass is 9.96. The number of amides is 2. The summed E-state index contributed by atoms with van der Waals surface area (Å²) < 4.78 is 0. The second-order valence-electron chi connectivity index (χ2n) is 5.07. The normalized spacial score (nSPS) is 15.9. The highest BCUT2D eigenvalue weighted by atomic mass is 16.2. The fourth-order valence-corrected chi connectivity index (χ4v) is 1.12. The lowest BCUT2D eigenvalue weighted by Crippen LogP contribution is -2.40. The van der Waals surface area contributed by atoms with Crippen molar-refractivity contribution in [3.8, 4) is 0 Å². The Labute approximate surface area is 90.8 Å². The molecule has 2 amide bonds. The van der Waals surface area contributed by atoms with Crippen molar-refractivity contribution in [2.75, 3.05) is 13.1 Å². The van der Waals surface area contributed by atoms with Crippen molar-refractivity contribution in [3.63, 3.8) is 0 Å². The van der Waals surface area contributed by atoms with Crippen LogP contribution in [-0.2, 0) is 9.59 Å². The molecule has 0 aromatic carbocycles. The summed E-state index contributed by atoms with van der Waals surface area (Å²) in [4.78, 5) is 22.7. The minimum Gasteiger partial charge on any atom is -0.354 e. The third-order valence-corrected chi connectivity index (χ3v) is 2.34. The maximum Gasteiger partial charge on any atom is 0.225 e. The minimum absolute atomic E-state index is 0.0168. The fourth-order valence-electron chi connectivity index (χ4n) is 1.12. The predicted octanol–water partition coefficient (Wildman–Crippen LogP) is 0.675. The first-order chi connectivity index (χ1) is 6.91. The molecule has 1 saturated carbocycles. The maximum atomic E-state index is 11.4. The molecule has 0 unspecified atom stereocenters. The van der Waals surface area contributed by atoms with Gasteiger partial charge in [-0.25, -0.2) is 0 Å².